The highest BCUT2D eigenvalue weighted by molar-refractivity contribution is 8.04. The summed E-state index contributed by atoms with van der Waals surface area (Å²) in [6.45, 7) is 0. The molecular formula is C26H41N3S3. The fourth-order valence-electron chi connectivity index (χ4n) is 10.6. The van der Waals surface area contributed by atoms with E-state index in [4.69, 9.17) is 0 Å². The van der Waals surface area contributed by atoms with Crippen molar-refractivity contribution in [1.82, 2.24) is 14.9 Å². The Morgan fingerprint density at radius 2 is 1.47 bits per heavy atom. The normalized spacial score (nSPS) is 57.4. The summed E-state index contributed by atoms with van der Waals surface area (Å²) in [6.07, 6.45) is 20.0. The summed E-state index contributed by atoms with van der Waals surface area (Å²) in [4.78, 5) is 3.27. The second kappa shape index (κ2) is 7.71. The van der Waals surface area contributed by atoms with E-state index < -0.39 is 0 Å². The maximum atomic E-state index is 4.24. The molecule has 0 aromatic rings. The van der Waals surface area contributed by atoms with Crippen LogP contribution in [0.1, 0.15) is 83.5 Å². The number of hydrogen-bond donors (Lipinski definition) is 2. The van der Waals surface area contributed by atoms with Crippen LogP contribution >= 0.6 is 35.5 Å². The summed E-state index contributed by atoms with van der Waals surface area (Å²) in [5.41, 5.74) is 1.06. The Kier molecular flexibility index (Phi) is 5.08. The van der Waals surface area contributed by atoms with Gasteiger partial charge >= 0.3 is 0 Å². The van der Waals surface area contributed by atoms with Gasteiger partial charge in [0, 0.05) is 33.5 Å². The third kappa shape index (κ3) is 3.01. The maximum Gasteiger partial charge on any atom is 0.0734 e. The molecule has 4 heterocycles. The quantitative estimate of drug-likeness (QED) is 0.509. The minimum atomic E-state index is 0.519. The van der Waals surface area contributed by atoms with Gasteiger partial charge in [-0.3, -0.25) is 10.2 Å². The van der Waals surface area contributed by atoms with Crippen LogP contribution in [0.3, 0.4) is 0 Å². The van der Waals surface area contributed by atoms with Crippen molar-refractivity contribution in [2.45, 2.75) is 123 Å². The zero-order chi connectivity index (χ0) is 20.9. The Bertz CT molecular complexity index is 723. The molecular weight excluding hydrogens is 451 g/mol. The SMILES string of the molecule is C1CCC(C2NC(C34CC5CC(C3)CC(N3C6CCSC6C6SCCC63)(C5)C4)NS2)CC1. The molecule has 0 spiro atoms. The van der Waals surface area contributed by atoms with Crippen LogP contribution in [-0.4, -0.2) is 56.1 Å². The molecule has 4 saturated heterocycles. The van der Waals surface area contributed by atoms with Crippen molar-refractivity contribution in [3.63, 3.8) is 0 Å². The van der Waals surface area contributed by atoms with Crippen LogP contribution in [0.4, 0.5) is 0 Å². The van der Waals surface area contributed by atoms with E-state index in [0.717, 1.165) is 40.3 Å². The fraction of sp³-hybridized carbons (Fsp3) is 1.00. The van der Waals surface area contributed by atoms with Gasteiger partial charge in [-0.15, -0.1) is 0 Å². The van der Waals surface area contributed by atoms with Gasteiger partial charge in [0.1, 0.15) is 0 Å². The number of hydrogen-bond acceptors (Lipinski definition) is 6. The van der Waals surface area contributed by atoms with Crippen molar-refractivity contribution in [2.75, 3.05) is 11.5 Å². The zero-order valence-corrected chi connectivity index (χ0v) is 21.9. The van der Waals surface area contributed by atoms with E-state index in [2.05, 4.69) is 50.4 Å². The second-order valence-electron chi connectivity index (χ2n) is 13.0. The molecule has 0 amide bonds. The molecule has 178 valence electrons. The fourth-order valence-corrected chi connectivity index (χ4v) is 15.4. The van der Waals surface area contributed by atoms with E-state index in [9.17, 15) is 0 Å². The van der Waals surface area contributed by atoms with Gasteiger partial charge in [0.25, 0.3) is 0 Å². The molecule has 9 aliphatic rings. The van der Waals surface area contributed by atoms with Gasteiger partial charge in [-0.25, -0.2) is 4.72 Å². The molecule has 8 atom stereocenters. The van der Waals surface area contributed by atoms with Crippen molar-refractivity contribution in [2.24, 2.45) is 23.2 Å². The highest BCUT2D eigenvalue weighted by atomic mass is 32.2. The topological polar surface area (TPSA) is 27.3 Å². The van der Waals surface area contributed by atoms with E-state index in [1.165, 1.54) is 75.7 Å². The molecule has 3 nitrogen and oxygen atoms in total. The van der Waals surface area contributed by atoms with Crippen LogP contribution < -0.4 is 10.0 Å². The average molecular weight is 492 g/mol. The highest BCUT2D eigenvalue weighted by Gasteiger charge is 2.67. The number of nitrogens with one attached hydrogen (secondary N) is 2. The molecule has 0 aromatic carbocycles. The molecule has 32 heavy (non-hydrogen) atoms. The van der Waals surface area contributed by atoms with Crippen LogP contribution in [0.15, 0.2) is 0 Å². The van der Waals surface area contributed by atoms with Gasteiger partial charge < -0.3 is 0 Å². The first-order valence-electron chi connectivity index (χ1n) is 13.9. The molecule has 4 bridgehead atoms. The molecule has 2 N–H and O–H groups in total. The van der Waals surface area contributed by atoms with Gasteiger partial charge in [-0.1, -0.05) is 31.2 Å². The lowest BCUT2D eigenvalue weighted by Crippen LogP contribution is -2.69. The monoisotopic (exact) mass is 491 g/mol. The Morgan fingerprint density at radius 3 is 2.16 bits per heavy atom. The summed E-state index contributed by atoms with van der Waals surface area (Å²) in [6, 6.07) is 1.81. The van der Waals surface area contributed by atoms with Gasteiger partial charge in [-0.2, -0.15) is 23.5 Å². The third-order valence-electron chi connectivity index (χ3n) is 11.2. The molecule has 8 unspecified atom stereocenters. The van der Waals surface area contributed by atoms with Crippen LogP contribution in [0.2, 0.25) is 0 Å². The molecule has 9 fully saturated rings. The molecule has 0 radical (unpaired) electrons. The van der Waals surface area contributed by atoms with E-state index in [-0.39, 0.29) is 0 Å². The Labute approximate surface area is 207 Å². The van der Waals surface area contributed by atoms with E-state index in [1.54, 1.807) is 19.3 Å². The molecule has 9 rings (SSSR count). The third-order valence-corrected chi connectivity index (χ3v) is 15.4. The van der Waals surface area contributed by atoms with Crippen molar-refractivity contribution in [1.29, 1.82) is 0 Å². The summed E-state index contributed by atoms with van der Waals surface area (Å²) in [7, 11) is 0. The predicted octanol–water partition coefficient (Wildman–Crippen LogP) is 5.46. The standard InChI is InChI=1S/C26H41N3S3/c1-2-4-18(5-3-1)23-27-24(28-32-23)25-11-16-10-17(12-25)14-26(13-16,15-25)29-19-6-8-30-21(19)22-20(29)7-9-31-22/h16-24,27-28H,1-15H2. The van der Waals surface area contributed by atoms with Crippen molar-refractivity contribution < 1.29 is 0 Å². The van der Waals surface area contributed by atoms with Crippen LogP contribution in [0, 0.1) is 23.2 Å². The maximum absolute atomic E-state index is 4.24. The number of nitrogens with zero attached hydrogens (tertiary/aromatic N) is 1. The number of fused-ring (bicyclic) bond motifs is 3. The lowest BCUT2D eigenvalue weighted by atomic mass is 9.45. The van der Waals surface area contributed by atoms with Crippen molar-refractivity contribution >= 4 is 35.5 Å². The smallest absolute Gasteiger partial charge is 0.0734 e. The summed E-state index contributed by atoms with van der Waals surface area (Å²) >= 11 is 6.78. The summed E-state index contributed by atoms with van der Waals surface area (Å²) < 4.78 is 4.04. The lowest BCUT2D eigenvalue weighted by molar-refractivity contribution is -0.157. The predicted molar refractivity (Wildman–Crippen MR) is 139 cm³/mol. The highest BCUT2D eigenvalue weighted by Crippen LogP contribution is 2.67. The average Bonchev–Trinajstić information content (AvgIpc) is 3.55. The van der Waals surface area contributed by atoms with E-state index >= 15 is 0 Å². The molecule has 5 saturated carbocycles. The molecule has 6 heteroatoms. The van der Waals surface area contributed by atoms with E-state index in [1.807, 2.05) is 0 Å². The Balaban J connectivity index is 1.10. The lowest BCUT2D eigenvalue weighted by Gasteiger charge is -2.67. The Hall–Kier alpha value is 0.930. The number of rotatable bonds is 3. The minimum absolute atomic E-state index is 0.519. The Morgan fingerprint density at radius 1 is 0.781 bits per heavy atom. The van der Waals surface area contributed by atoms with Crippen molar-refractivity contribution in [3.8, 4) is 0 Å². The van der Waals surface area contributed by atoms with Crippen LogP contribution in [-0.2, 0) is 0 Å². The first-order chi connectivity index (χ1) is 15.7. The largest absolute Gasteiger partial charge is 0.289 e. The number of likely N-dealkylation sites (tertiary alicyclic amines) is 1. The first-order valence-corrected chi connectivity index (χ1v) is 16.9. The van der Waals surface area contributed by atoms with Gasteiger partial charge in [0.15, 0.2) is 0 Å². The number of thioether (sulfide) groups is 2. The van der Waals surface area contributed by atoms with E-state index in [0.29, 0.717) is 22.5 Å². The van der Waals surface area contributed by atoms with Gasteiger partial charge in [0.2, 0.25) is 0 Å². The molecule has 5 aliphatic carbocycles. The summed E-state index contributed by atoms with van der Waals surface area (Å²) in [5.74, 6) is 5.75. The second-order valence-corrected chi connectivity index (χ2v) is 16.5. The zero-order valence-electron chi connectivity index (χ0n) is 19.5. The van der Waals surface area contributed by atoms with Crippen LogP contribution in [0.5, 0.6) is 0 Å². The molecule has 4 aliphatic heterocycles. The van der Waals surface area contributed by atoms with Gasteiger partial charge in [-0.05, 0) is 93.5 Å². The van der Waals surface area contributed by atoms with Crippen molar-refractivity contribution in [3.05, 3.63) is 0 Å². The summed E-state index contributed by atoms with van der Waals surface area (Å²) in [5, 5.41) is 6.81. The molecule has 0 aromatic heterocycles. The minimum Gasteiger partial charge on any atom is -0.289 e. The first kappa shape index (κ1) is 21.1. The van der Waals surface area contributed by atoms with Crippen LogP contribution in [0.25, 0.3) is 0 Å². The van der Waals surface area contributed by atoms with Gasteiger partial charge in [0.05, 0.1) is 11.5 Å².